The zero-order chi connectivity index (χ0) is 13.9. The fourth-order valence-corrected chi connectivity index (χ4v) is 2.50. The molecule has 19 heavy (non-hydrogen) atoms. The van der Waals surface area contributed by atoms with Gasteiger partial charge in [-0.25, -0.2) is 0 Å². The highest BCUT2D eigenvalue weighted by Crippen LogP contribution is 2.41. The van der Waals surface area contributed by atoms with Gasteiger partial charge < -0.3 is 9.26 Å². The normalized spacial score (nSPS) is 19.3. The smallest absolute Gasteiger partial charge is 0.315 e. The van der Waals surface area contributed by atoms with E-state index in [2.05, 4.69) is 24.0 Å². The molecule has 0 atom stereocenters. The van der Waals surface area contributed by atoms with Crippen LogP contribution in [0.25, 0.3) is 0 Å². The van der Waals surface area contributed by atoms with Gasteiger partial charge in [-0.1, -0.05) is 19.0 Å². The molecule has 1 saturated carbocycles. The molecule has 2 rings (SSSR count). The summed E-state index contributed by atoms with van der Waals surface area (Å²) in [6.45, 7) is 6.75. The zero-order valence-corrected chi connectivity index (χ0v) is 11.9. The second-order valence-electron chi connectivity index (χ2n) is 5.97. The first kappa shape index (κ1) is 14.0. The predicted molar refractivity (Wildman–Crippen MR) is 69.6 cm³/mol. The third-order valence-corrected chi connectivity index (χ3v) is 3.79. The van der Waals surface area contributed by atoms with Gasteiger partial charge in [0.2, 0.25) is 5.89 Å². The first-order valence-electron chi connectivity index (χ1n) is 6.98. The van der Waals surface area contributed by atoms with Gasteiger partial charge in [0, 0.05) is 5.92 Å². The van der Waals surface area contributed by atoms with E-state index < -0.39 is 0 Å². The Balaban J connectivity index is 1.92. The Morgan fingerprint density at radius 3 is 2.74 bits per heavy atom. The monoisotopic (exact) mass is 266 g/mol. The van der Waals surface area contributed by atoms with Crippen LogP contribution in [-0.4, -0.2) is 22.7 Å². The summed E-state index contributed by atoms with van der Waals surface area (Å²) in [5.74, 6) is 1.16. The second-order valence-corrected chi connectivity index (χ2v) is 5.97. The van der Waals surface area contributed by atoms with Crippen LogP contribution in [0.15, 0.2) is 4.52 Å². The molecule has 106 valence electrons. The summed E-state index contributed by atoms with van der Waals surface area (Å²) in [5.41, 5.74) is 0.425. The van der Waals surface area contributed by atoms with E-state index in [9.17, 15) is 4.79 Å². The Kier molecular flexibility index (Phi) is 4.22. The third-order valence-electron chi connectivity index (χ3n) is 3.79. The summed E-state index contributed by atoms with van der Waals surface area (Å²) in [7, 11) is 0. The van der Waals surface area contributed by atoms with Crippen LogP contribution in [0.3, 0.4) is 0 Å². The molecule has 0 radical (unpaired) electrons. The zero-order valence-electron chi connectivity index (χ0n) is 11.9. The lowest BCUT2D eigenvalue weighted by atomic mass is 9.73. The average molecular weight is 266 g/mol. The number of ether oxygens (including phenoxy) is 1. The van der Waals surface area contributed by atoms with Crippen molar-refractivity contribution in [2.45, 2.75) is 58.8 Å². The summed E-state index contributed by atoms with van der Waals surface area (Å²) >= 11 is 0. The Bertz CT molecular complexity index is 430. The van der Waals surface area contributed by atoms with E-state index in [1.165, 1.54) is 12.8 Å². The largest absolute Gasteiger partial charge is 0.466 e. The maximum absolute atomic E-state index is 11.3. The van der Waals surface area contributed by atoms with Crippen molar-refractivity contribution < 1.29 is 14.1 Å². The van der Waals surface area contributed by atoms with Crippen LogP contribution >= 0.6 is 0 Å². The number of aromatic nitrogens is 2. The first-order chi connectivity index (χ1) is 9.00. The van der Waals surface area contributed by atoms with E-state index in [1.54, 1.807) is 6.92 Å². The van der Waals surface area contributed by atoms with Crippen LogP contribution < -0.4 is 0 Å². The van der Waals surface area contributed by atoms with Crippen molar-refractivity contribution in [2.75, 3.05) is 6.61 Å². The molecule has 0 N–H and O–H groups in total. The highest BCUT2D eigenvalue weighted by molar-refractivity contribution is 5.71. The lowest BCUT2D eigenvalue weighted by Gasteiger charge is -2.32. The number of carbonyl (C=O) groups excluding carboxylic acids is 1. The van der Waals surface area contributed by atoms with Crippen molar-refractivity contribution in [3.8, 4) is 0 Å². The summed E-state index contributed by atoms with van der Waals surface area (Å²) in [5, 5.41) is 4.01. The van der Waals surface area contributed by atoms with Crippen LogP contribution in [0.2, 0.25) is 0 Å². The fraction of sp³-hybridized carbons (Fsp3) is 0.786. The van der Waals surface area contributed by atoms with Gasteiger partial charge in [-0.2, -0.15) is 4.98 Å². The SMILES string of the molecule is CCOC(=O)Cc1nc(C2CCC(C)(C)CC2)no1. The van der Waals surface area contributed by atoms with E-state index >= 15 is 0 Å². The molecule has 0 aromatic carbocycles. The van der Waals surface area contributed by atoms with E-state index in [0.717, 1.165) is 18.7 Å². The van der Waals surface area contributed by atoms with Gasteiger partial charge in [0.05, 0.1) is 6.61 Å². The van der Waals surface area contributed by atoms with Crippen molar-refractivity contribution in [1.29, 1.82) is 0 Å². The second kappa shape index (κ2) is 5.72. The lowest BCUT2D eigenvalue weighted by molar-refractivity contribution is -0.142. The van der Waals surface area contributed by atoms with Gasteiger partial charge >= 0.3 is 5.97 Å². The quantitative estimate of drug-likeness (QED) is 0.784. The number of hydrogen-bond acceptors (Lipinski definition) is 5. The first-order valence-corrected chi connectivity index (χ1v) is 6.98. The summed E-state index contributed by atoms with van der Waals surface area (Å²) < 4.78 is 9.99. The van der Waals surface area contributed by atoms with Gasteiger partial charge in [0.1, 0.15) is 6.42 Å². The molecule has 0 amide bonds. The highest BCUT2D eigenvalue weighted by Gasteiger charge is 2.30. The number of carbonyl (C=O) groups is 1. The van der Waals surface area contributed by atoms with Crippen LogP contribution in [-0.2, 0) is 16.0 Å². The van der Waals surface area contributed by atoms with Crippen molar-refractivity contribution in [2.24, 2.45) is 5.41 Å². The van der Waals surface area contributed by atoms with Gasteiger partial charge in [-0.15, -0.1) is 0 Å². The Morgan fingerprint density at radius 1 is 1.42 bits per heavy atom. The van der Waals surface area contributed by atoms with Gasteiger partial charge in [0.25, 0.3) is 0 Å². The maximum atomic E-state index is 11.3. The van der Waals surface area contributed by atoms with Crippen molar-refractivity contribution >= 4 is 5.97 Å². The molecule has 1 aliphatic rings. The summed E-state index contributed by atoms with van der Waals surface area (Å²) in [4.78, 5) is 15.7. The van der Waals surface area contributed by atoms with Gasteiger partial charge in [-0.3, -0.25) is 4.79 Å². The van der Waals surface area contributed by atoms with Crippen LogP contribution in [0.1, 0.15) is 64.1 Å². The predicted octanol–water partition coefficient (Wildman–Crippen LogP) is 2.86. The van der Waals surface area contributed by atoms with Gasteiger partial charge in [-0.05, 0) is 38.0 Å². The number of nitrogens with zero attached hydrogens (tertiary/aromatic N) is 2. The van der Waals surface area contributed by atoms with E-state index in [4.69, 9.17) is 9.26 Å². The minimum absolute atomic E-state index is 0.0685. The fourth-order valence-electron chi connectivity index (χ4n) is 2.50. The lowest BCUT2D eigenvalue weighted by Crippen LogP contribution is -2.20. The molecular weight excluding hydrogens is 244 g/mol. The molecule has 5 nitrogen and oxygen atoms in total. The highest BCUT2D eigenvalue weighted by atomic mass is 16.5. The molecule has 1 aromatic heterocycles. The third kappa shape index (κ3) is 3.78. The minimum Gasteiger partial charge on any atom is -0.466 e. The molecule has 1 fully saturated rings. The van der Waals surface area contributed by atoms with Crippen LogP contribution in [0.4, 0.5) is 0 Å². The summed E-state index contributed by atoms with van der Waals surface area (Å²) in [6, 6.07) is 0. The Morgan fingerprint density at radius 2 is 2.11 bits per heavy atom. The van der Waals surface area contributed by atoms with Crippen LogP contribution in [0, 0.1) is 5.41 Å². The van der Waals surface area contributed by atoms with E-state index in [0.29, 0.717) is 23.8 Å². The van der Waals surface area contributed by atoms with Crippen molar-refractivity contribution in [3.05, 3.63) is 11.7 Å². The van der Waals surface area contributed by atoms with E-state index in [-0.39, 0.29) is 12.4 Å². The topological polar surface area (TPSA) is 65.2 Å². The molecule has 0 bridgehead atoms. The molecule has 1 aromatic rings. The maximum Gasteiger partial charge on any atom is 0.315 e. The molecule has 0 unspecified atom stereocenters. The van der Waals surface area contributed by atoms with Crippen LogP contribution in [0.5, 0.6) is 0 Å². The number of rotatable bonds is 4. The van der Waals surface area contributed by atoms with Gasteiger partial charge in [0.15, 0.2) is 5.82 Å². The molecule has 1 heterocycles. The molecule has 0 spiro atoms. The van der Waals surface area contributed by atoms with Crippen molar-refractivity contribution in [3.63, 3.8) is 0 Å². The molecule has 0 aliphatic heterocycles. The standard InChI is InChI=1S/C14H22N2O3/c1-4-18-12(17)9-11-15-13(16-19-11)10-5-7-14(2,3)8-6-10/h10H,4-9H2,1-3H3. The Labute approximate surface area is 113 Å². The molecule has 5 heteroatoms. The number of esters is 1. The van der Waals surface area contributed by atoms with Crippen molar-refractivity contribution in [1.82, 2.24) is 10.1 Å². The minimum atomic E-state index is -0.317. The van der Waals surface area contributed by atoms with E-state index in [1.807, 2.05) is 0 Å². The molecule has 0 saturated heterocycles. The summed E-state index contributed by atoms with van der Waals surface area (Å²) in [6.07, 6.45) is 4.61. The Hall–Kier alpha value is -1.39. The average Bonchev–Trinajstić information content (AvgIpc) is 2.77. The molecule has 1 aliphatic carbocycles. The number of hydrogen-bond donors (Lipinski definition) is 0. The molecular formula is C14H22N2O3.